The smallest absolute Gasteiger partial charge is 0.120 e. The fourth-order valence-corrected chi connectivity index (χ4v) is 2.45. The van der Waals surface area contributed by atoms with Crippen molar-refractivity contribution in [1.29, 1.82) is 0 Å². The third kappa shape index (κ3) is 2.24. The number of hydrogen-bond donors (Lipinski definition) is 2. The standard InChI is InChI=1S/C14H18N4/c1-18-7-4-12-8-11(2-3-13(12)18)9-15-10-14-16-5-6-17-14/h2-3,5-6,8,15H,4,7,9-10H2,1H3,(H,16,17). The van der Waals surface area contributed by atoms with Crippen molar-refractivity contribution >= 4 is 5.69 Å². The van der Waals surface area contributed by atoms with E-state index >= 15 is 0 Å². The summed E-state index contributed by atoms with van der Waals surface area (Å²) in [6.07, 6.45) is 4.79. The first-order valence-corrected chi connectivity index (χ1v) is 6.35. The lowest BCUT2D eigenvalue weighted by molar-refractivity contribution is 0.668. The molecule has 0 aliphatic carbocycles. The molecule has 0 amide bonds. The van der Waals surface area contributed by atoms with Gasteiger partial charge in [-0.05, 0) is 23.6 Å². The zero-order valence-corrected chi connectivity index (χ0v) is 10.6. The molecule has 0 fully saturated rings. The summed E-state index contributed by atoms with van der Waals surface area (Å²) in [7, 11) is 2.15. The molecular formula is C14H18N4. The molecule has 0 saturated heterocycles. The summed E-state index contributed by atoms with van der Waals surface area (Å²) in [5.74, 6) is 0.982. The molecule has 0 bridgehead atoms. The Kier molecular flexibility index (Phi) is 3.02. The van der Waals surface area contributed by atoms with Crippen LogP contribution >= 0.6 is 0 Å². The fourth-order valence-electron chi connectivity index (χ4n) is 2.45. The molecule has 1 aromatic heterocycles. The van der Waals surface area contributed by atoms with Crippen molar-refractivity contribution in [3.8, 4) is 0 Å². The van der Waals surface area contributed by atoms with E-state index in [0.29, 0.717) is 0 Å². The van der Waals surface area contributed by atoms with E-state index in [2.05, 4.69) is 45.4 Å². The normalized spacial score (nSPS) is 13.9. The van der Waals surface area contributed by atoms with E-state index in [1.54, 1.807) is 6.20 Å². The van der Waals surface area contributed by atoms with Crippen molar-refractivity contribution in [2.45, 2.75) is 19.5 Å². The van der Waals surface area contributed by atoms with Crippen molar-refractivity contribution < 1.29 is 0 Å². The number of H-pyrrole nitrogens is 1. The lowest BCUT2D eigenvalue weighted by Crippen LogP contribution is -2.14. The van der Waals surface area contributed by atoms with E-state index in [9.17, 15) is 0 Å². The molecule has 94 valence electrons. The molecular weight excluding hydrogens is 224 g/mol. The maximum absolute atomic E-state index is 4.19. The molecule has 0 radical (unpaired) electrons. The van der Waals surface area contributed by atoms with Crippen LogP contribution in [0.15, 0.2) is 30.6 Å². The van der Waals surface area contributed by atoms with Gasteiger partial charge < -0.3 is 15.2 Å². The monoisotopic (exact) mass is 242 g/mol. The van der Waals surface area contributed by atoms with Gasteiger partial charge in [-0.3, -0.25) is 0 Å². The number of nitrogens with one attached hydrogen (secondary N) is 2. The van der Waals surface area contributed by atoms with E-state index in [0.717, 1.165) is 31.9 Å². The molecule has 3 rings (SSSR count). The minimum Gasteiger partial charge on any atom is -0.374 e. The molecule has 18 heavy (non-hydrogen) atoms. The van der Waals surface area contributed by atoms with Crippen molar-refractivity contribution in [1.82, 2.24) is 15.3 Å². The minimum absolute atomic E-state index is 0.782. The number of benzene rings is 1. The number of nitrogens with zero attached hydrogens (tertiary/aromatic N) is 2. The number of anilines is 1. The Labute approximate surface area is 107 Å². The summed E-state index contributed by atoms with van der Waals surface area (Å²) >= 11 is 0. The van der Waals surface area contributed by atoms with Crippen LogP contribution in [-0.2, 0) is 19.5 Å². The van der Waals surface area contributed by atoms with Gasteiger partial charge in [0.15, 0.2) is 0 Å². The number of likely N-dealkylation sites (N-methyl/N-ethyl adjacent to an activating group) is 1. The van der Waals surface area contributed by atoms with E-state index in [-0.39, 0.29) is 0 Å². The van der Waals surface area contributed by atoms with Gasteiger partial charge in [0, 0.05) is 38.2 Å². The van der Waals surface area contributed by atoms with Gasteiger partial charge in [-0.25, -0.2) is 4.98 Å². The van der Waals surface area contributed by atoms with Crippen molar-refractivity contribution in [2.75, 3.05) is 18.5 Å². The first kappa shape index (κ1) is 11.3. The van der Waals surface area contributed by atoms with Crippen LogP contribution < -0.4 is 10.2 Å². The quantitative estimate of drug-likeness (QED) is 0.857. The topological polar surface area (TPSA) is 44.0 Å². The molecule has 0 saturated carbocycles. The van der Waals surface area contributed by atoms with Gasteiger partial charge in [0.25, 0.3) is 0 Å². The number of aromatic amines is 1. The third-order valence-corrected chi connectivity index (χ3v) is 3.45. The number of rotatable bonds is 4. The Morgan fingerprint density at radius 2 is 2.33 bits per heavy atom. The minimum atomic E-state index is 0.782. The van der Waals surface area contributed by atoms with Crippen molar-refractivity contribution in [2.24, 2.45) is 0 Å². The maximum Gasteiger partial charge on any atom is 0.120 e. The van der Waals surface area contributed by atoms with Crippen LogP contribution in [0.3, 0.4) is 0 Å². The summed E-state index contributed by atoms with van der Waals surface area (Å²) in [5, 5.41) is 3.40. The van der Waals surface area contributed by atoms with E-state index in [1.165, 1.54) is 16.8 Å². The van der Waals surface area contributed by atoms with Crippen molar-refractivity contribution in [3.63, 3.8) is 0 Å². The van der Waals surface area contributed by atoms with Gasteiger partial charge in [-0.2, -0.15) is 0 Å². The highest BCUT2D eigenvalue weighted by Crippen LogP contribution is 2.27. The van der Waals surface area contributed by atoms with E-state index in [1.807, 2.05) is 6.20 Å². The van der Waals surface area contributed by atoms with Gasteiger partial charge in [0.05, 0.1) is 6.54 Å². The van der Waals surface area contributed by atoms with Gasteiger partial charge in [0.2, 0.25) is 0 Å². The Bertz CT molecular complexity index is 519. The average molecular weight is 242 g/mol. The second kappa shape index (κ2) is 4.82. The average Bonchev–Trinajstić information content (AvgIpc) is 3.00. The summed E-state index contributed by atoms with van der Waals surface area (Å²) in [6.45, 7) is 2.81. The Morgan fingerprint density at radius 1 is 1.39 bits per heavy atom. The van der Waals surface area contributed by atoms with Crippen LogP contribution in [-0.4, -0.2) is 23.6 Å². The van der Waals surface area contributed by atoms with Gasteiger partial charge in [-0.15, -0.1) is 0 Å². The van der Waals surface area contributed by atoms with Crippen LogP contribution in [0.5, 0.6) is 0 Å². The molecule has 4 heteroatoms. The molecule has 0 unspecified atom stereocenters. The van der Waals surface area contributed by atoms with Crippen LogP contribution in [0, 0.1) is 0 Å². The lowest BCUT2D eigenvalue weighted by Gasteiger charge is -2.12. The summed E-state index contributed by atoms with van der Waals surface area (Å²) < 4.78 is 0. The highest BCUT2D eigenvalue weighted by atomic mass is 15.1. The summed E-state index contributed by atoms with van der Waals surface area (Å²) in [5.41, 5.74) is 4.19. The van der Waals surface area contributed by atoms with E-state index in [4.69, 9.17) is 0 Å². The maximum atomic E-state index is 4.19. The number of imidazole rings is 1. The summed E-state index contributed by atoms with van der Waals surface area (Å²) in [6, 6.07) is 6.75. The number of hydrogen-bond acceptors (Lipinski definition) is 3. The van der Waals surface area contributed by atoms with E-state index < -0.39 is 0 Å². The highest BCUT2D eigenvalue weighted by molar-refractivity contribution is 5.58. The molecule has 0 atom stereocenters. The third-order valence-electron chi connectivity index (χ3n) is 3.45. The predicted molar refractivity (Wildman–Crippen MR) is 72.5 cm³/mol. The molecule has 0 spiro atoms. The lowest BCUT2D eigenvalue weighted by atomic mass is 10.1. The van der Waals surface area contributed by atoms with Gasteiger partial charge in [-0.1, -0.05) is 12.1 Å². The number of aromatic nitrogens is 2. The summed E-state index contributed by atoms with van der Waals surface area (Å²) in [4.78, 5) is 9.60. The SMILES string of the molecule is CN1CCc2cc(CNCc3ncc[nH]3)ccc21. The predicted octanol–water partition coefficient (Wildman–Crippen LogP) is 1.69. The van der Waals surface area contributed by atoms with Gasteiger partial charge >= 0.3 is 0 Å². The molecule has 2 aromatic rings. The molecule has 1 aliphatic heterocycles. The van der Waals surface area contributed by atoms with Crippen LogP contribution in [0.2, 0.25) is 0 Å². The second-order valence-corrected chi connectivity index (χ2v) is 4.77. The highest BCUT2D eigenvalue weighted by Gasteiger charge is 2.15. The Hall–Kier alpha value is -1.81. The molecule has 1 aromatic carbocycles. The fraction of sp³-hybridized carbons (Fsp3) is 0.357. The number of fused-ring (bicyclic) bond motifs is 1. The Balaban J connectivity index is 1.60. The second-order valence-electron chi connectivity index (χ2n) is 4.77. The molecule has 2 N–H and O–H groups in total. The largest absolute Gasteiger partial charge is 0.374 e. The zero-order valence-electron chi connectivity index (χ0n) is 10.6. The molecule has 1 aliphatic rings. The van der Waals surface area contributed by atoms with Gasteiger partial charge in [0.1, 0.15) is 5.82 Å². The Morgan fingerprint density at radius 3 is 3.17 bits per heavy atom. The van der Waals surface area contributed by atoms with Crippen LogP contribution in [0.4, 0.5) is 5.69 Å². The molecule has 4 nitrogen and oxygen atoms in total. The molecule has 2 heterocycles. The first-order valence-electron chi connectivity index (χ1n) is 6.35. The van der Waals surface area contributed by atoms with Crippen LogP contribution in [0.1, 0.15) is 17.0 Å². The van der Waals surface area contributed by atoms with Crippen molar-refractivity contribution in [3.05, 3.63) is 47.5 Å². The zero-order chi connectivity index (χ0) is 12.4. The first-order chi connectivity index (χ1) is 8.83. The van der Waals surface area contributed by atoms with Crippen LogP contribution in [0.25, 0.3) is 0 Å².